The van der Waals surface area contributed by atoms with Gasteiger partial charge in [-0.1, -0.05) is 36.4 Å². The number of benzene rings is 2. The highest BCUT2D eigenvalue weighted by Gasteiger charge is 2.39. The molecule has 5 heteroatoms. The molecule has 2 unspecified atom stereocenters. The van der Waals surface area contributed by atoms with E-state index in [9.17, 15) is 9.90 Å². The van der Waals surface area contributed by atoms with Gasteiger partial charge in [0.25, 0.3) is 0 Å². The number of aliphatic hydroxyl groups is 1. The van der Waals surface area contributed by atoms with Crippen LogP contribution in [-0.2, 0) is 24.9 Å². The van der Waals surface area contributed by atoms with Crippen LogP contribution in [0.4, 0.5) is 0 Å². The molecule has 5 nitrogen and oxygen atoms in total. The number of carbonyl (C=O) groups excluding carboxylic acids is 1. The Kier molecular flexibility index (Phi) is 5.94. The summed E-state index contributed by atoms with van der Waals surface area (Å²) in [7, 11) is 0. The lowest BCUT2D eigenvalue weighted by atomic mass is 9.80. The van der Waals surface area contributed by atoms with Gasteiger partial charge in [0.05, 0.1) is 5.52 Å². The van der Waals surface area contributed by atoms with Gasteiger partial charge in [0.1, 0.15) is 5.60 Å². The van der Waals surface area contributed by atoms with E-state index < -0.39 is 11.5 Å². The number of fused-ring (bicyclic) bond motifs is 2. The summed E-state index contributed by atoms with van der Waals surface area (Å²) in [4.78, 5) is 19.2. The quantitative estimate of drug-likeness (QED) is 0.600. The third-order valence-corrected chi connectivity index (χ3v) is 7.65. The molecular weight excluding hydrogens is 410 g/mol. The summed E-state index contributed by atoms with van der Waals surface area (Å²) in [6.07, 6.45) is 7.36. The number of aryl methyl sites for hydroxylation is 1. The number of nitrogens with two attached hydrogens (primary N) is 1. The Bertz CT molecular complexity index is 1170. The molecule has 1 aromatic heterocycles. The van der Waals surface area contributed by atoms with Crippen LogP contribution >= 0.6 is 0 Å². The first-order chi connectivity index (χ1) is 15.9. The molecule has 172 valence electrons. The second kappa shape index (κ2) is 8.88. The molecule has 33 heavy (non-hydrogen) atoms. The van der Waals surface area contributed by atoms with Crippen molar-refractivity contribution in [3.05, 3.63) is 76.5 Å². The summed E-state index contributed by atoms with van der Waals surface area (Å²) >= 11 is 0. The molecular formula is C28H33N3O2. The van der Waals surface area contributed by atoms with Crippen LogP contribution in [0.5, 0.6) is 0 Å². The molecule has 1 amide bonds. The summed E-state index contributed by atoms with van der Waals surface area (Å²) in [5.74, 6) is -0.431. The fourth-order valence-corrected chi connectivity index (χ4v) is 5.81. The lowest BCUT2D eigenvalue weighted by molar-refractivity contribution is -0.0315. The van der Waals surface area contributed by atoms with Crippen LogP contribution in [0.2, 0.25) is 0 Å². The minimum atomic E-state index is -0.990. The summed E-state index contributed by atoms with van der Waals surface area (Å²) in [5.41, 5.74) is 10.6. The normalized spacial score (nSPS) is 19.2. The van der Waals surface area contributed by atoms with Crippen molar-refractivity contribution in [2.75, 3.05) is 13.1 Å². The van der Waals surface area contributed by atoms with E-state index in [0.29, 0.717) is 5.56 Å². The topological polar surface area (TPSA) is 79.5 Å². The second-order valence-electron chi connectivity index (χ2n) is 9.80. The first-order valence-electron chi connectivity index (χ1n) is 12.2. The molecule has 1 aliphatic carbocycles. The highest BCUT2D eigenvalue weighted by Crippen LogP contribution is 2.37. The van der Waals surface area contributed by atoms with Crippen molar-refractivity contribution in [1.29, 1.82) is 0 Å². The van der Waals surface area contributed by atoms with Crippen molar-refractivity contribution in [3.8, 4) is 0 Å². The minimum absolute atomic E-state index is 0.0464. The van der Waals surface area contributed by atoms with Gasteiger partial charge < -0.3 is 10.8 Å². The fourth-order valence-electron chi connectivity index (χ4n) is 5.81. The van der Waals surface area contributed by atoms with Crippen molar-refractivity contribution >= 4 is 16.8 Å². The predicted octanol–water partition coefficient (Wildman–Crippen LogP) is 4.13. The standard InChI is InChI=1S/C28H33N3O2/c1-28(33,20-9-3-2-4-10-20)26(31-15-7-8-16-31)18-23-21-11-5-6-12-24(21)30-25-17-19(27(29)32)13-14-22(23)25/h2-4,9-10,13-14,17,26,33H,5-8,11-12,15-16,18H2,1H3,(H2,29,32). The summed E-state index contributed by atoms with van der Waals surface area (Å²) in [6, 6.07) is 15.7. The summed E-state index contributed by atoms with van der Waals surface area (Å²) < 4.78 is 0. The van der Waals surface area contributed by atoms with Gasteiger partial charge in [-0.15, -0.1) is 0 Å². The Morgan fingerprint density at radius 3 is 2.55 bits per heavy atom. The fraction of sp³-hybridized carbons (Fsp3) is 0.429. The SMILES string of the molecule is CC(O)(c1ccccc1)C(Cc1c2c(nc3cc(C(N)=O)ccc13)CCCC2)N1CCCC1. The van der Waals surface area contributed by atoms with Crippen LogP contribution in [0.3, 0.4) is 0 Å². The number of primary amides is 1. The first-order valence-corrected chi connectivity index (χ1v) is 12.2. The number of likely N-dealkylation sites (tertiary alicyclic amines) is 1. The van der Waals surface area contributed by atoms with E-state index in [1.54, 1.807) is 0 Å². The monoisotopic (exact) mass is 443 g/mol. The zero-order valence-electron chi connectivity index (χ0n) is 19.4. The Balaban J connectivity index is 1.65. The van der Waals surface area contributed by atoms with Crippen LogP contribution in [0.1, 0.15) is 65.3 Å². The van der Waals surface area contributed by atoms with Crippen LogP contribution in [-0.4, -0.2) is 40.0 Å². The molecule has 1 saturated heterocycles. The average molecular weight is 444 g/mol. The van der Waals surface area contributed by atoms with E-state index in [-0.39, 0.29) is 6.04 Å². The molecule has 0 spiro atoms. The minimum Gasteiger partial charge on any atom is -0.384 e. The highest BCUT2D eigenvalue weighted by molar-refractivity contribution is 5.97. The third-order valence-electron chi connectivity index (χ3n) is 7.65. The predicted molar refractivity (Wildman–Crippen MR) is 131 cm³/mol. The van der Waals surface area contributed by atoms with Gasteiger partial charge in [-0.05, 0) is 93.8 Å². The smallest absolute Gasteiger partial charge is 0.248 e. The zero-order chi connectivity index (χ0) is 23.0. The molecule has 0 bridgehead atoms. The van der Waals surface area contributed by atoms with Crippen molar-refractivity contribution in [2.24, 2.45) is 5.73 Å². The van der Waals surface area contributed by atoms with Crippen LogP contribution in [0, 0.1) is 0 Å². The van der Waals surface area contributed by atoms with Crippen molar-refractivity contribution in [3.63, 3.8) is 0 Å². The van der Waals surface area contributed by atoms with Crippen molar-refractivity contribution < 1.29 is 9.90 Å². The molecule has 1 aliphatic heterocycles. The largest absolute Gasteiger partial charge is 0.384 e. The Hall–Kier alpha value is -2.76. The number of hydrogen-bond acceptors (Lipinski definition) is 4. The van der Waals surface area contributed by atoms with E-state index in [2.05, 4.69) is 4.90 Å². The molecule has 5 rings (SSSR count). The van der Waals surface area contributed by atoms with Crippen molar-refractivity contribution in [1.82, 2.24) is 9.88 Å². The van der Waals surface area contributed by atoms with Gasteiger partial charge in [-0.2, -0.15) is 0 Å². The van der Waals surface area contributed by atoms with Crippen molar-refractivity contribution in [2.45, 2.75) is 63.5 Å². The number of aromatic nitrogens is 1. The van der Waals surface area contributed by atoms with Gasteiger partial charge in [-0.3, -0.25) is 14.7 Å². The van der Waals surface area contributed by atoms with E-state index >= 15 is 0 Å². The molecule has 0 saturated carbocycles. The molecule has 3 N–H and O–H groups in total. The van der Waals surface area contributed by atoms with E-state index in [1.165, 1.54) is 24.0 Å². The maximum Gasteiger partial charge on any atom is 0.248 e. The Labute approximate surface area is 195 Å². The summed E-state index contributed by atoms with van der Waals surface area (Å²) in [5, 5.41) is 13.0. The lowest BCUT2D eigenvalue weighted by Gasteiger charge is -2.40. The lowest BCUT2D eigenvalue weighted by Crippen LogP contribution is -2.49. The van der Waals surface area contributed by atoms with Gasteiger partial charge >= 0.3 is 0 Å². The molecule has 0 radical (unpaired) electrons. The molecule has 1 fully saturated rings. The Morgan fingerprint density at radius 1 is 1.09 bits per heavy atom. The van der Waals surface area contributed by atoms with Crippen LogP contribution in [0.25, 0.3) is 10.9 Å². The molecule has 2 atom stereocenters. The molecule has 3 aromatic rings. The molecule has 2 heterocycles. The Morgan fingerprint density at radius 2 is 1.82 bits per heavy atom. The van der Waals surface area contributed by atoms with Gasteiger partial charge in [0.2, 0.25) is 5.91 Å². The van der Waals surface area contributed by atoms with Crippen LogP contribution < -0.4 is 5.73 Å². The van der Waals surface area contributed by atoms with Gasteiger partial charge in [0, 0.05) is 22.7 Å². The first kappa shape index (κ1) is 22.1. The number of rotatable bonds is 6. The highest BCUT2D eigenvalue weighted by atomic mass is 16.3. The van der Waals surface area contributed by atoms with E-state index in [4.69, 9.17) is 10.7 Å². The van der Waals surface area contributed by atoms with Crippen LogP contribution in [0.15, 0.2) is 48.5 Å². The molecule has 2 aromatic carbocycles. The number of pyridine rings is 1. The number of carbonyl (C=O) groups is 1. The second-order valence-corrected chi connectivity index (χ2v) is 9.80. The third kappa shape index (κ3) is 4.16. The number of nitrogens with zero attached hydrogens (tertiary/aromatic N) is 2. The van der Waals surface area contributed by atoms with E-state index in [0.717, 1.165) is 67.4 Å². The number of hydrogen-bond donors (Lipinski definition) is 2. The maximum absolute atomic E-state index is 11.9. The number of amides is 1. The summed E-state index contributed by atoms with van der Waals surface area (Å²) in [6.45, 7) is 3.97. The van der Waals surface area contributed by atoms with Gasteiger partial charge in [0.15, 0.2) is 0 Å². The maximum atomic E-state index is 11.9. The average Bonchev–Trinajstić information content (AvgIpc) is 3.36. The van der Waals surface area contributed by atoms with Gasteiger partial charge in [-0.25, -0.2) is 0 Å². The zero-order valence-corrected chi connectivity index (χ0v) is 19.4. The molecule has 2 aliphatic rings. The van der Waals surface area contributed by atoms with E-state index in [1.807, 2.05) is 55.5 Å².